The van der Waals surface area contributed by atoms with Gasteiger partial charge in [0.05, 0.1) is 6.20 Å². The maximum absolute atomic E-state index is 13.1. The predicted octanol–water partition coefficient (Wildman–Crippen LogP) is 2.95. The first-order valence-electron chi connectivity index (χ1n) is 4.78. The monoisotopic (exact) mass is 253 g/mol. The smallest absolute Gasteiger partial charge is 0.243 e. The highest BCUT2D eigenvalue weighted by molar-refractivity contribution is 6.31. The minimum absolute atomic E-state index is 0.0402. The third-order valence-electron chi connectivity index (χ3n) is 2.09. The van der Waals surface area contributed by atoms with Gasteiger partial charge in [-0.1, -0.05) is 17.7 Å². The molecule has 0 aliphatic carbocycles. The third kappa shape index (κ3) is 2.62. The number of halogens is 2. The van der Waals surface area contributed by atoms with Crippen LogP contribution in [0.4, 0.5) is 10.3 Å². The SMILES string of the molecule is Cc1ccc(F)cc1Oc1nc(N)ncc1Cl. The molecule has 0 saturated carbocycles. The molecule has 2 aromatic rings. The molecule has 2 N–H and O–H groups in total. The third-order valence-corrected chi connectivity index (χ3v) is 2.35. The quantitative estimate of drug-likeness (QED) is 0.894. The first kappa shape index (κ1) is 11.6. The van der Waals surface area contributed by atoms with Crippen molar-refractivity contribution in [2.75, 3.05) is 5.73 Å². The number of nitrogens with two attached hydrogens (primary N) is 1. The minimum Gasteiger partial charge on any atom is -0.437 e. The number of aromatic nitrogens is 2. The Bertz CT molecular complexity index is 513. The molecule has 1 aromatic carbocycles. The Morgan fingerprint density at radius 2 is 2.18 bits per heavy atom. The van der Waals surface area contributed by atoms with Crippen molar-refractivity contribution < 1.29 is 9.13 Å². The summed E-state index contributed by atoms with van der Waals surface area (Å²) in [5.74, 6) is 0.0834. The highest BCUT2D eigenvalue weighted by Crippen LogP contribution is 2.29. The van der Waals surface area contributed by atoms with E-state index in [1.54, 1.807) is 13.0 Å². The van der Waals surface area contributed by atoms with Crippen LogP contribution in [0.1, 0.15) is 5.56 Å². The van der Waals surface area contributed by atoms with E-state index in [2.05, 4.69) is 9.97 Å². The van der Waals surface area contributed by atoms with Crippen LogP contribution in [0.2, 0.25) is 5.02 Å². The average molecular weight is 254 g/mol. The van der Waals surface area contributed by atoms with Crippen LogP contribution in [0.3, 0.4) is 0 Å². The van der Waals surface area contributed by atoms with E-state index in [9.17, 15) is 4.39 Å². The number of ether oxygens (including phenoxy) is 1. The van der Waals surface area contributed by atoms with Gasteiger partial charge in [0, 0.05) is 6.07 Å². The van der Waals surface area contributed by atoms with Crippen LogP contribution >= 0.6 is 11.6 Å². The summed E-state index contributed by atoms with van der Waals surface area (Å²) in [6.45, 7) is 1.78. The number of aryl methyl sites for hydroxylation is 1. The lowest BCUT2D eigenvalue weighted by Gasteiger charge is -2.09. The van der Waals surface area contributed by atoms with Crippen LogP contribution < -0.4 is 10.5 Å². The molecule has 0 radical (unpaired) electrons. The van der Waals surface area contributed by atoms with Crippen molar-refractivity contribution in [3.8, 4) is 11.6 Å². The Morgan fingerprint density at radius 1 is 1.41 bits per heavy atom. The number of rotatable bonds is 2. The Labute approximate surface area is 102 Å². The van der Waals surface area contributed by atoms with Crippen LogP contribution in [-0.2, 0) is 0 Å². The molecule has 0 saturated heterocycles. The number of hydrogen-bond donors (Lipinski definition) is 1. The van der Waals surface area contributed by atoms with Gasteiger partial charge in [0.2, 0.25) is 11.8 Å². The molecule has 0 amide bonds. The second kappa shape index (κ2) is 4.55. The highest BCUT2D eigenvalue weighted by atomic mass is 35.5. The van der Waals surface area contributed by atoms with E-state index in [0.29, 0.717) is 5.75 Å². The van der Waals surface area contributed by atoms with Crippen molar-refractivity contribution in [2.24, 2.45) is 0 Å². The fourth-order valence-electron chi connectivity index (χ4n) is 1.22. The lowest BCUT2D eigenvalue weighted by Crippen LogP contribution is -1.98. The van der Waals surface area contributed by atoms with Crippen molar-refractivity contribution in [3.05, 3.63) is 40.8 Å². The highest BCUT2D eigenvalue weighted by Gasteiger charge is 2.09. The van der Waals surface area contributed by atoms with Gasteiger partial charge in [-0.3, -0.25) is 0 Å². The van der Waals surface area contributed by atoms with Crippen LogP contribution in [0.5, 0.6) is 11.6 Å². The molecule has 0 aliphatic heterocycles. The molecule has 0 spiro atoms. The van der Waals surface area contributed by atoms with E-state index in [0.717, 1.165) is 5.56 Å². The summed E-state index contributed by atoms with van der Waals surface area (Å²) < 4.78 is 18.5. The normalized spacial score (nSPS) is 10.3. The molecule has 0 fully saturated rings. The van der Waals surface area contributed by atoms with Crippen LogP contribution in [-0.4, -0.2) is 9.97 Å². The number of benzene rings is 1. The molecule has 0 aliphatic rings. The molecule has 4 nitrogen and oxygen atoms in total. The zero-order valence-electron chi connectivity index (χ0n) is 8.95. The Balaban J connectivity index is 2.37. The zero-order chi connectivity index (χ0) is 12.4. The molecule has 1 aromatic heterocycles. The van der Waals surface area contributed by atoms with Crippen molar-refractivity contribution in [3.63, 3.8) is 0 Å². The fraction of sp³-hybridized carbons (Fsp3) is 0.0909. The van der Waals surface area contributed by atoms with Crippen LogP contribution in [0, 0.1) is 12.7 Å². The lowest BCUT2D eigenvalue weighted by molar-refractivity contribution is 0.454. The number of hydrogen-bond acceptors (Lipinski definition) is 4. The summed E-state index contributed by atoms with van der Waals surface area (Å²) in [6, 6.07) is 4.20. The first-order valence-corrected chi connectivity index (χ1v) is 5.16. The largest absolute Gasteiger partial charge is 0.437 e. The molecular weight excluding hydrogens is 245 g/mol. The van der Waals surface area contributed by atoms with Crippen LogP contribution in [0.25, 0.3) is 0 Å². The summed E-state index contributed by atoms with van der Waals surface area (Å²) in [5.41, 5.74) is 6.18. The number of anilines is 1. The summed E-state index contributed by atoms with van der Waals surface area (Å²) in [6.07, 6.45) is 1.33. The van der Waals surface area contributed by atoms with E-state index in [1.165, 1.54) is 18.3 Å². The Morgan fingerprint density at radius 3 is 2.94 bits per heavy atom. The summed E-state index contributed by atoms with van der Waals surface area (Å²) in [4.78, 5) is 7.53. The Hall–Kier alpha value is -1.88. The summed E-state index contributed by atoms with van der Waals surface area (Å²) in [5, 5.41) is 0.211. The first-order chi connectivity index (χ1) is 8.06. The molecule has 0 bridgehead atoms. The molecule has 0 unspecified atom stereocenters. The van der Waals surface area contributed by atoms with Crippen molar-refractivity contribution in [2.45, 2.75) is 6.92 Å². The topological polar surface area (TPSA) is 61.0 Å². The molecule has 6 heteroatoms. The second-order valence-electron chi connectivity index (χ2n) is 3.39. The predicted molar refractivity (Wildman–Crippen MR) is 62.7 cm³/mol. The fourth-order valence-corrected chi connectivity index (χ4v) is 1.35. The standard InChI is InChI=1S/C11H9ClFN3O/c1-6-2-3-7(13)4-9(6)17-10-8(12)5-15-11(14)16-10/h2-5H,1H3,(H2,14,15,16). The average Bonchev–Trinajstić information content (AvgIpc) is 2.28. The van der Waals surface area contributed by atoms with Gasteiger partial charge >= 0.3 is 0 Å². The number of nitrogens with zero attached hydrogens (tertiary/aromatic N) is 2. The zero-order valence-corrected chi connectivity index (χ0v) is 9.70. The maximum Gasteiger partial charge on any atom is 0.243 e. The molecule has 17 heavy (non-hydrogen) atoms. The summed E-state index contributed by atoms with van der Waals surface area (Å²) in [7, 11) is 0. The van der Waals surface area contributed by atoms with Gasteiger partial charge in [-0.25, -0.2) is 9.37 Å². The maximum atomic E-state index is 13.1. The van der Waals surface area contributed by atoms with Crippen molar-refractivity contribution in [1.82, 2.24) is 9.97 Å². The minimum atomic E-state index is -0.399. The molecule has 88 valence electrons. The second-order valence-corrected chi connectivity index (χ2v) is 3.80. The summed E-state index contributed by atoms with van der Waals surface area (Å²) >= 11 is 5.84. The van der Waals surface area contributed by atoms with E-state index < -0.39 is 5.82 Å². The molecule has 0 atom stereocenters. The van der Waals surface area contributed by atoms with E-state index in [4.69, 9.17) is 22.1 Å². The molecular formula is C11H9ClFN3O. The van der Waals surface area contributed by atoms with E-state index in [-0.39, 0.29) is 16.9 Å². The van der Waals surface area contributed by atoms with Crippen molar-refractivity contribution in [1.29, 1.82) is 0 Å². The van der Waals surface area contributed by atoms with E-state index in [1.807, 2.05) is 0 Å². The lowest BCUT2D eigenvalue weighted by atomic mass is 10.2. The van der Waals surface area contributed by atoms with Crippen LogP contribution in [0.15, 0.2) is 24.4 Å². The van der Waals surface area contributed by atoms with Gasteiger partial charge in [0.15, 0.2) is 0 Å². The molecule has 1 heterocycles. The number of nitrogen functional groups attached to an aromatic ring is 1. The Kier molecular flexibility index (Phi) is 3.10. The van der Waals surface area contributed by atoms with Gasteiger partial charge in [0.1, 0.15) is 16.6 Å². The van der Waals surface area contributed by atoms with Gasteiger partial charge < -0.3 is 10.5 Å². The van der Waals surface area contributed by atoms with Gasteiger partial charge in [0.25, 0.3) is 0 Å². The van der Waals surface area contributed by atoms with E-state index >= 15 is 0 Å². The van der Waals surface area contributed by atoms with Gasteiger partial charge in [-0.05, 0) is 18.6 Å². The van der Waals surface area contributed by atoms with Gasteiger partial charge in [-0.15, -0.1) is 0 Å². The molecule has 2 rings (SSSR count). The van der Waals surface area contributed by atoms with Crippen molar-refractivity contribution >= 4 is 17.5 Å². The van der Waals surface area contributed by atoms with Gasteiger partial charge in [-0.2, -0.15) is 4.98 Å².